The summed E-state index contributed by atoms with van der Waals surface area (Å²) in [5.41, 5.74) is 5.43. The van der Waals surface area contributed by atoms with Gasteiger partial charge in [-0.1, -0.05) is 19.4 Å². The van der Waals surface area contributed by atoms with Gasteiger partial charge in [0.1, 0.15) is 10.7 Å². The van der Waals surface area contributed by atoms with E-state index in [1.807, 2.05) is 6.92 Å². The summed E-state index contributed by atoms with van der Waals surface area (Å²) in [7, 11) is -2.51. The number of nitrogens with two attached hydrogens (primary N) is 1. The van der Waals surface area contributed by atoms with E-state index in [2.05, 4.69) is 4.72 Å². The molecule has 1 aromatic carbocycles. The Kier molecular flexibility index (Phi) is 5.71. The third-order valence-corrected chi connectivity index (χ3v) is 4.20. The zero-order chi connectivity index (χ0) is 14.5. The van der Waals surface area contributed by atoms with Crippen LogP contribution in [0.15, 0.2) is 23.1 Å². The maximum absolute atomic E-state index is 13.6. The molecule has 0 amide bonds. The van der Waals surface area contributed by atoms with Crippen molar-refractivity contribution < 1.29 is 17.5 Å². The van der Waals surface area contributed by atoms with Crippen molar-refractivity contribution in [1.29, 1.82) is 0 Å². The van der Waals surface area contributed by atoms with Crippen LogP contribution in [0.1, 0.15) is 19.8 Å². The Morgan fingerprint density at radius 3 is 2.68 bits per heavy atom. The lowest BCUT2D eigenvalue weighted by Gasteiger charge is -2.18. The monoisotopic (exact) mass is 290 g/mol. The molecule has 1 unspecified atom stereocenters. The minimum atomic E-state index is -4.00. The average molecular weight is 290 g/mol. The van der Waals surface area contributed by atoms with Crippen LogP contribution in [0.25, 0.3) is 0 Å². The van der Waals surface area contributed by atoms with Crippen LogP contribution in [-0.2, 0) is 14.8 Å². The number of halogens is 1. The number of sulfonamides is 1. The molecule has 0 aliphatic carbocycles. The van der Waals surface area contributed by atoms with E-state index >= 15 is 0 Å². The van der Waals surface area contributed by atoms with Gasteiger partial charge < -0.3 is 10.5 Å². The summed E-state index contributed by atoms with van der Waals surface area (Å²) in [6.45, 7) is 2.15. The number of hydrogen-bond acceptors (Lipinski definition) is 4. The van der Waals surface area contributed by atoms with Crippen molar-refractivity contribution in [2.24, 2.45) is 0 Å². The maximum Gasteiger partial charge on any atom is 0.245 e. The second kappa shape index (κ2) is 6.83. The van der Waals surface area contributed by atoms with Gasteiger partial charge in [0.05, 0.1) is 12.3 Å². The summed E-state index contributed by atoms with van der Waals surface area (Å²) in [5, 5.41) is 0. The fourth-order valence-corrected chi connectivity index (χ4v) is 3.26. The molecule has 1 aromatic rings. The molecule has 0 spiro atoms. The van der Waals surface area contributed by atoms with Crippen LogP contribution >= 0.6 is 0 Å². The lowest BCUT2D eigenvalue weighted by atomic mass is 10.2. The zero-order valence-electron chi connectivity index (χ0n) is 11.0. The van der Waals surface area contributed by atoms with Crippen LogP contribution in [0.4, 0.5) is 10.1 Å². The van der Waals surface area contributed by atoms with Crippen molar-refractivity contribution in [2.45, 2.75) is 30.7 Å². The smallest absolute Gasteiger partial charge is 0.245 e. The predicted octanol–water partition coefficient (Wildman–Crippen LogP) is 1.50. The highest BCUT2D eigenvalue weighted by atomic mass is 32.2. The molecular weight excluding hydrogens is 271 g/mol. The standard InChI is InChI=1S/C12H19FN2O3S/c1-3-5-9(8-18-2)15-19(16,17)12-10(13)6-4-7-11(12)14/h4,6-7,9,15H,3,5,8,14H2,1-2H3. The van der Waals surface area contributed by atoms with E-state index in [0.717, 1.165) is 12.5 Å². The molecule has 0 aliphatic rings. The number of nitrogen functional groups attached to an aromatic ring is 1. The molecule has 1 atom stereocenters. The Balaban J connectivity index is 3.03. The van der Waals surface area contributed by atoms with Gasteiger partial charge in [-0.25, -0.2) is 17.5 Å². The van der Waals surface area contributed by atoms with Gasteiger partial charge in [0.2, 0.25) is 10.0 Å². The second-order valence-electron chi connectivity index (χ2n) is 4.22. The van der Waals surface area contributed by atoms with Crippen LogP contribution in [-0.4, -0.2) is 28.2 Å². The van der Waals surface area contributed by atoms with Crippen molar-refractivity contribution in [2.75, 3.05) is 19.5 Å². The van der Waals surface area contributed by atoms with Gasteiger partial charge in [-0.2, -0.15) is 0 Å². The normalized spacial score (nSPS) is 13.4. The number of methoxy groups -OCH3 is 1. The topological polar surface area (TPSA) is 81.4 Å². The minimum Gasteiger partial charge on any atom is -0.398 e. The first-order chi connectivity index (χ1) is 8.92. The molecular formula is C12H19FN2O3S. The van der Waals surface area contributed by atoms with Gasteiger partial charge in [0.15, 0.2) is 0 Å². The van der Waals surface area contributed by atoms with Gasteiger partial charge in [-0.05, 0) is 18.6 Å². The van der Waals surface area contributed by atoms with Crippen LogP contribution in [0, 0.1) is 5.82 Å². The second-order valence-corrected chi connectivity index (χ2v) is 5.87. The number of benzene rings is 1. The van der Waals surface area contributed by atoms with Crippen LogP contribution < -0.4 is 10.5 Å². The highest BCUT2D eigenvalue weighted by Crippen LogP contribution is 2.22. The number of rotatable bonds is 7. The van der Waals surface area contributed by atoms with Crippen molar-refractivity contribution >= 4 is 15.7 Å². The summed E-state index contributed by atoms with van der Waals surface area (Å²) >= 11 is 0. The van der Waals surface area contributed by atoms with Gasteiger partial charge in [0.25, 0.3) is 0 Å². The average Bonchev–Trinajstić information content (AvgIpc) is 2.28. The highest BCUT2D eigenvalue weighted by Gasteiger charge is 2.25. The van der Waals surface area contributed by atoms with E-state index in [4.69, 9.17) is 10.5 Å². The van der Waals surface area contributed by atoms with E-state index in [9.17, 15) is 12.8 Å². The lowest BCUT2D eigenvalue weighted by Crippen LogP contribution is -2.38. The molecule has 5 nitrogen and oxygen atoms in total. The Bertz CT molecular complexity index is 493. The molecule has 0 fully saturated rings. The predicted molar refractivity (Wildman–Crippen MR) is 71.7 cm³/mol. The van der Waals surface area contributed by atoms with Crippen molar-refractivity contribution in [3.8, 4) is 0 Å². The van der Waals surface area contributed by atoms with Crippen molar-refractivity contribution in [1.82, 2.24) is 4.72 Å². The molecule has 3 N–H and O–H groups in total. The van der Waals surface area contributed by atoms with Gasteiger partial charge in [-0.15, -0.1) is 0 Å². The van der Waals surface area contributed by atoms with E-state index in [1.165, 1.54) is 19.2 Å². The van der Waals surface area contributed by atoms with Crippen LogP contribution in [0.3, 0.4) is 0 Å². The molecule has 0 bridgehead atoms. The summed E-state index contributed by atoms with van der Waals surface area (Å²) in [6, 6.07) is 3.38. The van der Waals surface area contributed by atoms with E-state index in [-0.39, 0.29) is 12.3 Å². The summed E-state index contributed by atoms with van der Waals surface area (Å²) in [4.78, 5) is -0.507. The van der Waals surface area contributed by atoms with E-state index in [0.29, 0.717) is 6.42 Å². The molecule has 1 rings (SSSR count). The molecule has 19 heavy (non-hydrogen) atoms. The number of nitrogens with one attached hydrogen (secondary N) is 1. The Hall–Kier alpha value is -1.18. The third-order valence-electron chi connectivity index (χ3n) is 2.59. The molecule has 0 heterocycles. The summed E-state index contributed by atoms with van der Waals surface area (Å²) in [5.74, 6) is -0.861. The van der Waals surface area contributed by atoms with E-state index < -0.39 is 26.8 Å². The molecule has 0 saturated carbocycles. The largest absolute Gasteiger partial charge is 0.398 e. The van der Waals surface area contributed by atoms with Crippen molar-refractivity contribution in [3.63, 3.8) is 0 Å². The maximum atomic E-state index is 13.6. The van der Waals surface area contributed by atoms with Gasteiger partial charge in [0, 0.05) is 13.2 Å². The van der Waals surface area contributed by atoms with Gasteiger partial charge in [-0.3, -0.25) is 0 Å². The first-order valence-electron chi connectivity index (χ1n) is 5.97. The Morgan fingerprint density at radius 2 is 2.16 bits per heavy atom. The first-order valence-corrected chi connectivity index (χ1v) is 7.46. The van der Waals surface area contributed by atoms with Crippen LogP contribution in [0.5, 0.6) is 0 Å². The third kappa shape index (κ3) is 4.15. The zero-order valence-corrected chi connectivity index (χ0v) is 11.8. The fraction of sp³-hybridized carbons (Fsp3) is 0.500. The molecule has 7 heteroatoms. The molecule has 0 aliphatic heterocycles. The van der Waals surface area contributed by atoms with Crippen molar-refractivity contribution in [3.05, 3.63) is 24.0 Å². The SMILES string of the molecule is CCCC(COC)NS(=O)(=O)c1c(N)cccc1F. The number of hydrogen-bond donors (Lipinski definition) is 2. The first kappa shape index (κ1) is 15.9. The van der Waals surface area contributed by atoms with Gasteiger partial charge >= 0.3 is 0 Å². The fourth-order valence-electron chi connectivity index (χ4n) is 1.81. The lowest BCUT2D eigenvalue weighted by molar-refractivity contribution is 0.171. The molecule has 0 aromatic heterocycles. The van der Waals surface area contributed by atoms with Crippen LogP contribution in [0.2, 0.25) is 0 Å². The quantitative estimate of drug-likeness (QED) is 0.746. The summed E-state index contributed by atoms with van der Waals surface area (Å²) < 4.78 is 45.3. The number of anilines is 1. The molecule has 108 valence electrons. The highest BCUT2D eigenvalue weighted by molar-refractivity contribution is 7.89. The Morgan fingerprint density at radius 1 is 1.47 bits per heavy atom. The molecule has 0 saturated heterocycles. The Labute approximate surface area is 113 Å². The summed E-state index contributed by atoms with van der Waals surface area (Å²) in [6.07, 6.45) is 1.38. The van der Waals surface area contributed by atoms with E-state index in [1.54, 1.807) is 0 Å². The number of ether oxygens (including phenoxy) is 1. The minimum absolute atomic E-state index is 0.111. The molecule has 0 radical (unpaired) electrons.